The smallest absolute Gasteiger partial charge is 0.241 e. The van der Waals surface area contributed by atoms with Gasteiger partial charge in [0.15, 0.2) is 5.78 Å². The Morgan fingerprint density at radius 3 is 2.50 bits per heavy atom. The van der Waals surface area contributed by atoms with Gasteiger partial charge in [0.05, 0.1) is 18.3 Å². The Kier molecular flexibility index (Phi) is 5.43. The molecule has 1 aliphatic heterocycles. The Bertz CT molecular complexity index is 820. The summed E-state index contributed by atoms with van der Waals surface area (Å²) in [5.74, 6) is -0.477. The van der Waals surface area contributed by atoms with Crippen molar-refractivity contribution in [2.24, 2.45) is 0 Å². The number of rotatable bonds is 5. The quantitative estimate of drug-likeness (QED) is 0.804. The van der Waals surface area contributed by atoms with E-state index in [0.717, 1.165) is 0 Å². The van der Waals surface area contributed by atoms with Crippen molar-refractivity contribution in [2.45, 2.75) is 13.0 Å². The van der Waals surface area contributed by atoms with Gasteiger partial charge in [-0.2, -0.15) is 0 Å². The molecule has 0 saturated carbocycles. The predicted octanol–water partition coefficient (Wildman–Crippen LogP) is 1.68. The molecule has 6 heteroatoms. The molecule has 0 bridgehead atoms. The van der Waals surface area contributed by atoms with Crippen LogP contribution in [-0.4, -0.2) is 48.2 Å². The Hall–Kier alpha value is -2.99. The lowest BCUT2D eigenvalue weighted by atomic mass is 10.0. The van der Waals surface area contributed by atoms with E-state index < -0.39 is 6.04 Å². The molecule has 6 nitrogen and oxygen atoms in total. The number of ketones is 1. The first kappa shape index (κ1) is 17.8. The number of hydrogen-bond donors (Lipinski definition) is 2. The molecule has 134 valence electrons. The van der Waals surface area contributed by atoms with Crippen LogP contribution in [0.1, 0.15) is 22.8 Å². The van der Waals surface area contributed by atoms with Crippen LogP contribution in [0.25, 0.3) is 0 Å². The Morgan fingerprint density at radius 2 is 1.77 bits per heavy atom. The van der Waals surface area contributed by atoms with Crippen LogP contribution in [0.3, 0.4) is 0 Å². The van der Waals surface area contributed by atoms with Gasteiger partial charge in [0, 0.05) is 24.2 Å². The fourth-order valence-corrected chi connectivity index (χ4v) is 2.93. The molecule has 26 heavy (non-hydrogen) atoms. The lowest BCUT2D eigenvalue weighted by molar-refractivity contribution is -0.127. The zero-order valence-electron chi connectivity index (χ0n) is 14.6. The van der Waals surface area contributed by atoms with Crippen molar-refractivity contribution in [3.05, 3.63) is 65.7 Å². The van der Waals surface area contributed by atoms with E-state index in [9.17, 15) is 14.4 Å². The van der Waals surface area contributed by atoms with Crippen LogP contribution in [0.15, 0.2) is 54.6 Å². The second kappa shape index (κ2) is 7.93. The second-order valence-corrected chi connectivity index (χ2v) is 6.23. The summed E-state index contributed by atoms with van der Waals surface area (Å²) in [5, 5.41) is 5.58. The Morgan fingerprint density at radius 1 is 1.08 bits per heavy atom. The van der Waals surface area contributed by atoms with Gasteiger partial charge in [-0.15, -0.1) is 0 Å². The average Bonchev–Trinajstić information content (AvgIpc) is 2.68. The van der Waals surface area contributed by atoms with Crippen molar-refractivity contribution < 1.29 is 14.4 Å². The average molecular weight is 351 g/mol. The topological polar surface area (TPSA) is 78.5 Å². The monoisotopic (exact) mass is 351 g/mol. The summed E-state index contributed by atoms with van der Waals surface area (Å²) in [6.07, 6.45) is 0. The highest BCUT2D eigenvalue weighted by atomic mass is 16.2. The Labute approximate surface area is 152 Å². The van der Waals surface area contributed by atoms with Crippen LogP contribution in [0.2, 0.25) is 0 Å². The van der Waals surface area contributed by atoms with Gasteiger partial charge < -0.3 is 10.6 Å². The van der Waals surface area contributed by atoms with Gasteiger partial charge in [0.25, 0.3) is 0 Å². The summed E-state index contributed by atoms with van der Waals surface area (Å²) in [5.41, 5.74) is 1.48. The van der Waals surface area contributed by atoms with Gasteiger partial charge in [0.1, 0.15) is 0 Å². The first-order valence-electron chi connectivity index (χ1n) is 8.56. The van der Waals surface area contributed by atoms with Crippen molar-refractivity contribution in [2.75, 3.05) is 25.0 Å². The molecule has 1 heterocycles. The van der Waals surface area contributed by atoms with Crippen molar-refractivity contribution in [1.82, 2.24) is 10.2 Å². The number of carbonyl (C=O) groups excluding carboxylic acids is 3. The molecule has 3 rings (SSSR count). The molecule has 0 spiro atoms. The number of para-hydroxylation sites is 1. The lowest BCUT2D eigenvalue weighted by Gasteiger charge is -2.31. The predicted molar refractivity (Wildman–Crippen MR) is 99.0 cm³/mol. The highest BCUT2D eigenvalue weighted by Gasteiger charge is 2.26. The molecule has 2 amide bonds. The van der Waals surface area contributed by atoms with Crippen LogP contribution < -0.4 is 10.6 Å². The third kappa shape index (κ3) is 3.97. The zero-order valence-corrected chi connectivity index (χ0v) is 14.6. The van der Waals surface area contributed by atoms with Crippen LogP contribution in [0.4, 0.5) is 5.69 Å². The van der Waals surface area contributed by atoms with Crippen molar-refractivity contribution >= 4 is 23.3 Å². The first-order valence-corrected chi connectivity index (χ1v) is 8.56. The van der Waals surface area contributed by atoms with E-state index in [4.69, 9.17) is 0 Å². The summed E-state index contributed by atoms with van der Waals surface area (Å²) < 4.78 is 0. The third-order valence-electron chi connectivity index (χ3n) is 4.46. The second-order valence-electron chi connectivity index (χ2n) is 6.23. The Balaban J connectivity index is 1.77. The third-order valence-corrected chi connectivity index (χ3v) is 4.46. The van der Waals surface area contributed by atoms with Crippen molar-refractivity contribution in [3.63, 3.8) is 0 Å². The molecule has 1 fully saturated rings. The van der Waals surface area contributed by atoms with Gasteiger partial charge in [-0.05, 0) is 19.1 Å². The molecular formula is C20H21N3O3. The number of carbonyl (C=O) groups is 3. The van der Waals surface area contributed by atoms with E-state index in [1.54, 1.807) is 55.5 Å². The van der Waals surface area contributed by atoms with E-state index in [0.29, 0.717) is 29.9 Å². The van der Waals surface area contributed by atoms with Gasteiger partial charge in [0.2, 0.25) is 11.8 Å². The number of anilines is 1. The van der Waals surface area contributed by atoms with Gasteiger partial charge >= 0.3 is 0 Å². The molecule has 2 N–H and O–H groups in total. The normalized spacial score (nSPS) is 15.8. The number of benzene rings is 2. The maximum atomic E-state index is 12.7. The SMILES string of the molecule is C[C@@H](C(=O)Nc1ccccc1C(=O)c1ccccc1)N1CCNC(=O)C1. The molecule has 2 aromatic rings. The minimum Gasteiger partial charge on any atom is -0.354 e. The molecule has 0 unspecified atom stereocenters. The lowest BCUT2D eigenvalue weighted by Crippen LogP contribution is -2.53. The maximum Gasteiger partial charge on any atom is 0.241 e. The molecular weight excluding hydrogens is 330 g/mol. The summed E-state index contributed by atoms with van der Waals surface area (Å²) >= 11 is 0. The minimum atomic E-state index is -0.471. The largest absolute Gasteiger partial charge is 0.354 e. The number of piperazine rings is 1. The summed E-state index contributed by atoms with van der Waals surface area (Å²) in [6.45, 7) is 3.10. The summed E-state index contributed by atoms with van der Waals surface area (Å²) in [7, 11) is 0. The van der Waals surface area contributed by atoms with E-state index >= 15 is 0 Å². The minimum absolute atomic E-state index is 0.0874. The van der Waals surface area contributed by atoms with E-state index in [-0.39, 0.29) is 24.1 Å². The molecule has 0 aromatic heterocycles. The van der Waals surface area contributed by atoms with Crippen molar-refractivity contribution in [1.29, 1.82) is 0 Å². The molecule has 1 saturated heterocycles. The number of nitrogens with one attached hydrogen (secondary N) is 2. The van der Waals surface area contributed by atoms with E-state index in [1.807, 2.05) is 11.0 Å². The fourth-order valence-electron chi connectivity index (χ4n) is 2.93. The van der Waals surface area contributed by atoms with Crippen molar-refractivity contribution in [3.8, 4) is 0 Å². The number of hydrogen-bond acceptors (Lipinski definition) is 4. The van der Waals surface area contributed by atoms with Gasteiger partial charge in [-0.25, -0.2) is 0 Å². The molecule has 1 aliphatic rings. The highest BCUT2D eigenvalue weighted by Crippen LogP contribution is 2.20. The fraction of sp³-hybridized carbons (Fsp3) is 0.250. The molecule has 1 atom stereocenters. The van der Waals surface area contributed by atoms with E-state index in [2.05, 4.69) is 10.6 Å². The van der Waals surface area contributed by atoms with Gasteiger partial charge in [-0.1, -0.05) is 42.5 Å². The van der Waals surface area contributed by atoms with E-state index in [1.165, 1.54) is 0 Å². The van der Waals surface area contributed by atoms with Crippen LogP contribution >= 0.6 is 0 Å². The first-order chi connectivity index (χ1) is 12.6. The highest BCUT2D eigenvalue weighted by molar-refractivity contribution is 6.14. The summed E-state index contributed by atoms with van der Waals surface area (Å²) in [4.78, 5) is 38.7. The maximum absolute atomic E-state index is 12.7. The number of amides is 2. The standard InChI is InChI=1S/C20H21N3O3/c1-14(23-12-11-21-18(24)13-23)20(26)22-17-10-6-5-9-16(17)19(25)15-7-3-2-4-8-15/h2-10,14H,11-13H2,1H3,(H,21,24)(H,22,26)/t14-/m0/s1. The summed E-state index contributed by atoms with van der Waals surface area (Å²) in [6, 6.07) is 15.4. The van der Waals surface area contributed by atoms with Crippen LogP contribution in [0.5, 0.6) is 0 Å². The zero-order chi connectivity index (χ0) is 18.5. The molecule has 2 aromatic carbocycles. The molecule has 0 aliphatic carbocycles. The van der Waals surface area contributed by atoms with Gasteiger partial charge in [-0.3, -0.25) is 19.3 Å². The number of nitrogens with zero attached hydrogens (tertiary/aromatic N) is 1. The van der Waals surface area contributed by atoms with Crippen LogP contribution in [-0.2, 0) is 9.59 Å². The van der Waals surface area contributed by atoms with Crippen LogP contribution in [0, 0.1) is 0 Å². The molecule has 0 radical (unpaired) electrons.